The lowest BCUT2D eigenvalue weighted by Gasteiger charge is -2.29. The van der Waals surface area contributed by atoms with E-state index in [0.29, 0.717) is 35.5 Å². The Morgan fingerprint density at radius 3 is 2.17 bits per heavy atom. The van der Waals surface area contributed by atoms with Gasteiger partial charge in [0.1, 0.15) is 5.75 Å². The van der Waals surface area contributed by atoms with Gasteiger partial charge in [0.05, 0.1) is 24.6 Å². The van der Waals surface area contributed by atoms with E-state index in [2.05, 4.69) is 37.2 Å². The van der Waals surface area contributed by atoms with Gasteiger partial charge in [-0.1, -0.05) is 37.9 Å². The highest BCUT2D eigenvalue weighted by atomic mass is 79.9. The monoisotopic (exact) mass is 534 g/mol. The molecule has 6 nitrogen and oxygen atoms in total. The molecule has 0 spiro atoms. The summed E-state index contributed by atoms with van der Waals surface area (Å²) in [6.07, 6.45) is 1.26. The minimum atomic E-state index is -0.299. The number of methoxy groups -OCH3 is 1. The van der Waals surface area contributed by atoms with Crippen molar-refractivity contribution in [3.05, 3.63) is 54.1 Å². The van der Waals surface area contributed by atoms with Crippen LogP contribution in [0.3, 0.4) is 0 Å². The summed E-state index contributed by atoms with van der Waals surface area (Å²) in [5, 5.41) is 2.81. The standard InChI is InChI=1S/C22H20Br2N2O4/c1-30-15-4-2-3-13(9-15)25-20(27)12-5-7-14(8-6-12)26-21(28)16-10-18(23)19(24)11-17(16)22(26)29/h2-9,16-19H,10-11H2,1H3,(H,25,27)/t16-,17-,18-,19+/m1/s1. The fraction of sp³-hybridized carbons (Fsp3) is 0.318. The SMILES string of the molecule is COc1cccc(NC(=O)c2ccc(N3C(=O)[C@@H]4C[C@@H](Br)[C@@H](Br)C[C@H]4C3=O)cc2)c1. The number of carbonyl (C=O) groups is 3. The van der Waals surface area contributed by atoms with E-state index in [1.165, 1.54) is 4.90 Å². The molecule has 30 heavy (non-hydrogen) atoms. The van der Waals surface area contributed by atoms with E-state index in [1.807, 2.05) is 0 Å². The average molecular weight is 536 g/mol. The fourth-order valence-electron chi connectivity index (χ4n) is 4.02. The van der Waals surface area contributed by atoms with E-state index in [-0.39, 0.29) is 39.2 Å². The number of hydrogen-bond donors (Lipinski definition) is 1. The normalized spacial score (nSPS) is 25.8. The number of alkyl halides is 2. The first-order chi connectivity index (χ1) is 14.4. The van der Waals surface area contributed by atoms with E-state index in [4.69, 9.17) is 4.74 Å². The predicted molar refractivity (Wildman–Crippen MR) is 122 cm³/mol. The van der Waals surface area contributed by atoms with Crippen LogP contribution in [0.4, 0.5) is 11.4 Å². The molecule has 2 aromatic carbocycles. The molecular formula is C22H20Br2N2O4. The highest BCUT2D eigenvalue weighted by molar-refractivity contribution is 9.12. The van der Waals surface area contributed by atoms with Gasteiger partial charge in [-0.05, 0) is 49.2 Å². The van der Waals surface area contributed by atoms with E-state index in [9.17, 15) is 14.4 Å². The van der Waals surface area contributed by atoms with E-state index < -0.39 is 0 Å². The maximum absolute atomic E-state index is 12.9. The molecule has 2 aromatic rings. The quantitative estimate of drug-likeness (QED) is 0.466. The van der Waals surface area contributed by atoms with Gasteiger partial charge in [-0.2, -0.15) is 0 Å². The first-order valence-electron chi connectivity index (χ1n) is 9.60. The van der Waals surface area contributed by atoms with E-state index in [0.717, 1.165) is 0 Å². The largest absolute Gasteiger partial charge is 0.497 e. The molecule has 156 valence electrons. The van der Waals surface area contributed by atoms with Crippen molar-refractivity contribution in [3.8, 4) is 5.75 Å². The van der Waals surface area contributed by atoms with Crippen LogP contribution in [-0.2, 0) is 9.59 Å². The molecule has 8 heteroatoms. The van der Waals surface area contributed by atoms with Gasteiger partial charge < -0.3 is 10.1 Å². The van der Waals surface area contributed by atoms with Crippen LogP contribution in [0.2, 0.25) is 0 Å². The van der Waals surface area contributed by atoms with E-state index in [1.54, 1.807) is 55.6 Å². The van der Waals surface area contributed by atoms with Crippen molar-refractivity contribution < 1.29 is 19.1 Å². The van der Waals surface area contributed by atoms with Crippen LogP contribution in [0.5, 0.6) is 5.75 Å². The number of halogens is 2. The Bertz CT molecular complexity index is 967. The zero-order chi connectivity index (χ0) is 21.4. The summed E-state index contributed by atoms with van der Waals surface area (Å²) in [6.45, 7) is 0. The van der Waals surface area contributed by atoms with Crippen LogP contribution in [-0.4, -0.2) is 34.5 Å². The first-order valence-corrected chi connectivity index (χ1v) is 11.4. The van der Waals surface area contributed by atoms with Crippen molar-refractivity contribution >= 4 is 61.0 Å². The number of benzene rings is 2. The van der Waals surface area contributed by atoms with Gasteiger partial charge in [-0.25, -0.2) is 0 Å². The fourth-order valence-corrected chi connectivity index (χ4v) is 5.25. The maximum atomic E-state index is 12.9. The lowest BCUT2D eigenvalue weighted by atomic mass is 9.81. The molecule has 0 bridgehead atoms. The number of imide groups is 1. The van der Waals surface area contributed by atoms with Crippen LogP contribution in [0.1, 0.15) is 23.2 Å². The Labute approximate surface area is 191 Å². The Kier molecular flexibility index (Phi) is 5.97. The molecule has 3 amide bonds. The second kappa shape index (κ2) is 8.51. The molecule has 0 aromatic heterocycles. The third-order valence-corrected chi connectivity index (χ3v) is 8.36. The van der Waals surface area contributed by atoms with E-state index >= 15 is 0 Å². The summed E-state index contributed by atoms with van der Waals surface area (Å²) in [7, 11) is 1.56. The Hall–Kier alpha value is -2.19. The molecule has 1 aliphatic carbocycles. The maximum Gasteiger partial charge on any atom is 0.255 e. The zero-order valence-corrected chi connectivity index (χ0v) is 19.4. The number of ether oxygens (including phenoxy) is 1. The summed E-state index contributed by atoms with van der Waals surface area (Å²) in [5.41, 5.74) is 1.54. The molecule has 1 aliphatic heterocycles. The van der Waals surface area contributed by atoms with Crippen molar-refractivity contribution in [2.75, 3.05) is 17.3 Å². The van der Waals surface area contributed by atoms with Gasteiger partial charge in [-0.15, -0.1) is 0 Å². The third-order valence-electron chi connectivity index (χ3n) is 5.63. The number of rotatable bonds is 4. The zero-order valence-electron chi connectivity index (χ0n) is 16.2. The smallest absolute Gasteiger partial charge is 0.255 e. The average Bonchev–Trinajstić information content (AvgIpc) is 2.98. The van der Waals surface area contributed by atoms with Gasteiger partial charge in [0.15, 0.2) is 0 Å². The number of fused-ring (bicyclic) bond motifs is 1. The lowest BCUT2D eigenvalue weighted by Crippen LogP contribution is -2.34. The summed E-state index contributed by atoms with van der Waals surface area (Å²) in [6, 6.07) is 13.6. The van der Waals surface area contributed by atoms with Crippen LogP contribution in [0.15, 0.2) is 48.5 Å². The third kappa shape index (κ3) is 3.90. The number of carbonyl (C=O) groups excluding carboxylic acids is 3. The summed E-state index contributed by atoms with van der Waals surface area (Å²) in [5.74, 6) is -0.567. The molecule has 4 atom stereocenters. The minimum absolute atomic E-state index is 0.164. The van der Waals surface area contributed by atoms with Crippen molar-refractivity contribution in [1.82, 2.24) is 0 Å². The van der Waals surface area contributed by atoms with Crippen molar-refractivity contribution in [2.45, 2.75) is 22.5 Å². The Morgan fingerprint density at radius 1 is 1.00 bits per heavy atom. The highest BCUT2D eigenvalue weighted by Gasteiger charge is 2.52. The number of anilines is 2. The topological polar surface area (TPSA) is 75.7 Å². The van der Waals surface area contributed by atoms with Crippen molar-refractivity contribution in [1.29, 1.82) is 0 Å². The number of hydrogen-bond acceptors (Lipinski definition) is 4. The highest BCUT2D eigenvalue weighted by Crippen LogP contribution is 2.44. The number of amides is 3. The summed E-state index contributed by atoms with van der Waals surface area (Å²) in [4.78, 5) is 39.9. The predicted octanol–water partition coefficient (Wildman–Crippen LogP) is 4.37. The molecule has 2 aliphatic rings. The van der Waals surface area contributed by atoms with Gasteiger partial charge in [-0.3, -0.25) is 19.3 Å². The molecule has 4 rings (SSSR count). The second-order valence-corrected chi connectivity index (χ2v) is 9.81. The Balaban J connectivity index is 1.50. The van der Waals surface area contributed by atoms with Gasteiger partial charge in [0, 0.05) is 27.0 Å². The number of nitrogens with one attached hydrogen (secondary N) is 1. The molecule has 1 heterocycles. The number of nitrogens with zero attached hydrogens (tertiary/aromatic N) is 1. The molecular weight excluding hydrogens is 516 g/mol. The molecule has 1 N–H and O–H groups in total. The molecule has 2 fully saturated rings. The second-order valence-electron chi connectivity index (χ2n) is 7.46. The molecule has 0 radical (unpaired) electrons. The van der Waals surface area contributed by atoms with Gasteiger partial charge in [0.25, 0.3) is 5.91 Å². The van der Waals surface area contributed by atoms with Gasteiger partial charge >= 0.3 is 0 Å². The Morgan fingerprint density at radius 2 is 1.60 bits per heavy atom. The minimum Gasteiger partial charge on any atom is -0.497 e. The molecule has 1 saturated carbocycles. The first kappa shape index (κ1) is 21.1. The lowest BCUT2D eigenvalue weighted by molar-refractivity contribution is -0.122. The molecule has 1 saturated heterocycles. The van der Waals surface area contributed by atoms with Crippen LogP contribution in [0, 0.1) is 11.8 Å². The molecule has 0 unspecified atom stereocenters. The van der Waals surface area contributed by atoms with Gasteiger partial charge in [0.2, 0.25) is 11.8 Å². The summed E-state index contributed by atoms with van der Waals surface area (Å²) < 4.78 is 5.16. The van der Waals surface area contributed by atoms with Crippen LogP contribution >= 0.6 is 31.9 Å². The summed E-state index contributed by atoms with van der Waals surface area (Å²) >= 11 is 7.19. The van der Waals surface area contributed by atoms with Crippen molar-refractivity contribution in [2.24, 2.45) is 11.8 Å². The van der Waals surface area contributed by atoms with Crippen LogP contribution in [0.25, 0.3) is 0 Å². The van der Waals surface area contributed by atoms with Crippen molar-refractivity contribution in [3.63, 3.8) is 0 Å². The van der Waals surface area contributed by atoms with Crippen LogP contribution < -0.4 is 15.0 Å².